The summed E-state index contributed by atoms with van der Waals surface area (Å²) in [5, 5.41) is 0. The minimum atomic E-state index is 0.273. The van der Waals surface area contributed by atoms with Crippen molar-refractivity contribution in [3.63, 3.8) is 0 Å². The van der Waals surface area contributed by atoms with Crippen LogP contribution in [0.25, 0.3) is 0 Å². The van der Waals surface area contributed by atoms with Gasteiger partial charge in [0.25, 0.3) is 0 Å². The van der Waals surface area contributed by atoms with Crippen LogP contribution in [0.5, 0.6) is 5.75 Å². The predicted molar refractivity (Wildman–Crippen MR) is 70.6 cm³/mol. The molecular weight excluding hydrogens is 226 g/mol. The lowest BCUT2D eigenvalue weighted by Crippen LogP contribution is -2.45. The van der Waals surface area contributed by atoms with Crippen LogP contribution in [0.2, 0.25) is 0 Å². The van der Waals surface area contributed by atoms with Crippen molar-refractivity contribution in [3.8, 4) is 5.75 Å². The summed E-state index contributed by atoms with van der Waals surface area (Å²) in [4.78, 5) is 2.44. The van der Waals surface area contributed by atoms with Gasteiger partial charge in [-0.15, -0.1) is 0 Å². The van der Waals surface area contributed by atoms with E-state index in [1.165, 1.54) is 19.3 Å². The van der Waals surface area contributed by atoms with Gasteiger partial charge >= 0.3 is 0 Å². The van der Waals surface area contributed by atoms with E-state index in [1.54, 1.807) is 0 Å². The molecule has 1 aromatic carbocycles. The van der Waals surface area contributed by atoms with Crippen molar-refractivity contribution in [2.75, 3.05) is 19.9 Å². The van der Waals surface area contributed by atoms with Crippen LogP contribution in [0.15, 0.2) is 30.3 Å². The highest BCUT2D eigenvalue weighted by atomic mass is 16.5. The van der Waals surface area contributed by atoms with Gasteiger partial charge in [0, 0.05) is 6.54 Å². The maximum Gasteiger partial charge on any atom is 0.119 e. The normalized spacial score (nSPS) is 29.3. The van der Waals surface area contributed by atoms with Crippen molar-refractivity contribution in [3.05, 3.63) is 30.3 Å². The van der Waals surface area contributed by atoms with Crippen molar-refractivity contribution in [1.29, 1.82) is 0 Å². The average Bonchev–Trinajstić information content (AvgIpc) is 2.83. The molecule has 18 heavy (non-hydrogen) atoms. The average molecular weight is 247 g/mol. The summed E-state index contributed by atoms with van der Waals surface area (Å²) in [7, 11) is 0. The number of ether oxygens (including phenoxy) is 2. The first kappa shape index (κ1) is 12.0. The molecule has 1 aromatic rings. The molecule has 0 bridgehead atoms. The molecule has 0 N–H and O–H groups in total. The first-order chi connectivity index (χ1) is 8.93. The Balaban J connectivity index is 1.71. The van der Waals surface area contributed by atoms with Crippen molar-refractivity contribution >= 4 is 0 Å². The summed E-state index contributed by atoms with van der Waals surface area (Å²) < 4.78 is 11.8. The summed E-state index contributed by atoms with van der Waals surface area (Å²) in [6.45, 7) is 2.75. The number of fused-ring (bicyclic) bond motifs is 1. The Hall–Kier alpha value is -1.06. The van der Waals surface area contributed by atoms with Crippen LogP contribution in [0.4, 0.5) is 0 Å². The second-order valence-corrected chi connectivity index (χ2v) is 5.20. The van der Waals surface area contributed by atoms with Gasteiger partial charge in [0.2, 0.25) is 0 Å². The van der Waals surface area contributed by atoms with Crippen LogP contribution in [-0.4, -0.2) is 36.9 Å². The molecule has 0 spiro atoms. The largest absolute Gasteiger partial charge is 0.489 e. The molecule has 0 unspecified atom stereocenters. The van der Waals surface area contributed by atoms with E-state index in [4.69, 9.17) is 9.47 Å². The number of para-hydroxylation sites is 1. The Kier molecular flexibility index (Phi) is 3.81. The first-order valence-electron chi connectivity index (χ1n) is 6.97. The minimum Gasteiger partial charge on any atom is -0.489 e. The van der Waals surface area contributed by atoms with E-state index < -0.39 is 0 Å². The number of benzene rings is 1. The highest BCUT2D eigenvalue weighted by molar-refractivity contribution is 5.21. The molecule has 2 saturated heterocycles. The van der Waals surface area contributed by atoms with Crippen molar-refractivity contribution in [2.45, 2.75) is 37.8 Å². The van der Waals surface area contributed by atoms with Crippen LogP contribution in [0, 0.1) is 0 Å². The summed E-state index contributed by atoms with van der Waals surface area (Å²) in [6, 6.07) is 10.6. The van der Waals surface area contributed by atoms with Crippen LogP contribution < -0.4 is 4.74 Å². The summed E-state index contributed by atoms with van der Waals surface area (Å²) in [5.41, 5.74) is 0. The lowest BCUT2D eigenvalue weighted by molar-refractivity contribution is 0.0766. The molecule has 0 saturated carbocycles. The number of hydrogen-bond donors (Lipinski definition) is 0. The molecule has 0 aromatic heterocycles. The number of hydrogen-bond acceptors (Lipinski definition) is 3. The van der Waals surface area contributed by atoms with Gasteiger partial charge in [-0.1, -0.05) is 24.6 Å². The zero-order chi connectivity index (χ0) is 12.2. The molecule has 2 fully saturated rings. The fourth-order valence-electron chi connectivity index (χ4n) is 2.91. The Morgan fingerprint density at radius 1 is 1.11 bits per heavy atom. The van der Waals surface area contributed by atoms with E-state index in [0.29, 0.717) is 6.04 Å². The van der Waals surface area contributed by atoms with Gasteiger partial charge in [-0.25, -0.2) is 0 Å². The predicted octanol–water partition coefficient (Wildman–Crippen LogP) is 2.67. The lowest BCUT2D eigenvalue weighted by atomic mass is 10.0. The SMILES string of the molecule is c1ccc(O[C@H]2CCCCCN3COC[C@H]23)cc1. The molecule has 0 aliphatic carbocycles. The van der Waals surface area contributed by atoms with Crippen molar-refractivity contribution in [2.24, 2.45) is 0 Å². The van der Waals surface area contributed by atoms with Gasteiger partial charge in [0.15, 0.2) is 0 Å². The van der Waals surface area contributed by atoms with Gasteiger partial charge in [0.05, 0.1) is 19.4 Å². The van der Waals surface area contributed by atoms with Crippen LogP contribution in [-0.2, 0) is 4.74 Å². The Labute approximate surface area is 109 Å². The maximum atomic E-state index is 6.18. The molecule has 98 valence electrons. The molecule has 0 amide bonds. The molecule has 3 heteroatoms. The molecule has 3 nitrogen and oxygen atoms in total. The maximum absolute atomic E-state index is 6.18. The highest BCUT2D eigenvalue weighted by Crippen LogP contribution is 2.25. The summed E-state index contributed by atoms with van der Waals surface area (Å²) >= 11 is 0. The molecule has 2 atom stereocenters. The topological polar surface area (TPSA) is 21.7 Å². The molecule has 2 heterocycles. The quantitative estimate of drug-likeness (QED) is 0.802. The lowest BCUT2D eigenvalue weighted by Gasteiger charge is -2.32. The van der Waals surface area contributed by atoms with Crippen molar-refractivity contribution < 1.29 is 9.47 Å². The highest BCUT2D eigenvalue weighted by Gasteiger charge is 2.34. The Morgan fingerprint density at radius 2 is 2.00 bits per heavy atom. The molecule has 2 aliphatic rings. The molecule has 3 rings (SSSR count). The third kappa shape index (κ3) is 2.68. The Bertz CT molecular complexity index is 368. The zero-order valence-electron chi connectivity index (χ0n) is 10.8. The molecule has 0 radical (unpaired) electrons. The van der Waals surface area contributed by atoms with E-state index in [0.717, 1.165) is 32.1 Å². The third-order valence-electron chi connectivity index (χ3n) is 3.91. The van der Waals surface area contributed by atoms with E-state index in [2.05, 4.69) is 4.90 Å². The van der Waals surface area contributed by atoms with E-state index in [9.17, 15) is 0 Å². The van der Waals surface area contributed by atoms with Gasteiger partial charge < -0.3 is 9.47 Å². The Morgan fingerprint density at radius 3 is 2.89 bits per heavy atom. The number of nitrogens with zero attached hydrogens (tertiary/aromatic N) is 1. The fraction of sp³-hybridized carbons (Fsp3) is 0.600. The molecular formula is C15H21NO2. The fourth-order valence-corrected chi connectivity index (χ4v) is 2.91. The van der Waals surface area contributed by atoms with E-state index >= 15 is 0 Å². The van der Waals surface area contributed by atoms with Crippen LogP contribution in [0.1, 0.15) is 25.7 Å². The van der Waals surface area contributed by atoms with Crippen LogP contribution >= 0.6 is 0 Å². The number of rotatable bonds is 2. The first-order valence-corrected chi connectivity index (χ1v) is 6.97. The minimum absolute atomic E-state index is 0.273. The second kappa shape index (κ2) is 5.72. The van der Waals surface area contributed by atoms with Gasteiger partial charge in [-0.3, -0.25) is 4.90 Å². The summed E-state index contributed by atoms with van der Waals surface area (Å²) in [6.07, 6.45) is 5.27. The van der Waals surface area contributed by atoms with E-state index in [1.807, 2.05) is 30.3 Å². The van der Waals surface area contributed by atoms with Crippen LogP contribution in [0.3, 0.4) is 0 Å². The zero-order valence-corrected chi connectivity index (χ0v) is 10.8. The van der Waals surface area contributed by atoms with E-state index in [-0.39, 0.29) is 6.10 Å². The van der Waals surface area contributed by atoms with Gasteiger partial charge in [-0.2, -0.15) is 0 Å². The van der Waals surface area contributed by atoms with Crippen molar-refractivity contribution in [1.82, 2.24) is 4.90 Å². The second-order valence-electron chi connectivity index (χ2n) is 5.20. The smallest absolute Gasteiger partial charge is 0.119 e. The molecule has 2 aliphatic heterocycles. The van der Waals surface area contributed by atoms with Gasteiger partial charge in [0.1, 0.15) is 11.9 Å². The van der Waals surface area contributed by atoms with Gasteiger partial charge in [-0.05, 0) is 31.4 Å². The third-order valence-corrected chi connectivity index (χ3v) is 3.91. The monoisotopic (exact) mass is 247 g/mol. The standard InChI is InChI=1S/C15H21NO2/c1-3-7-13(8-4-1)18-15-9-5-2-6-10-16-12-17-11-14(15)16/h1,3-4,7-8,14-15H,2,5-6,9-12H2/t14-,15+/m1/s1. The summed E-state index contributed by atoms with van der Waals surface area (Å²) in [5.74, 6) is 0.981.